The van der Waals surface area contributed by atoms with Gasteiger partial charge in [0.05, 0.1) is 14.2 Å². The first kappa shape index (κ1) is 25.8. The second-order valence-electron chi connectivity index (χ2n) is 7.46. The molecule has 0 saturated carbocycles. The first-order valence-electron chi connectivity index (χ1n) is 10.7. The van der Waals surface area contributed by atoms with Crippen molar-refractivity contribution in [3.63, 3.8) is 0 Å². The third-order valence-corrected chi connectivity index (χ3v) is 5.43. The Morgan fingerprint density at radius 1 is 1.16 bits per heavy atom. The quantitative estimate of drug-likeness (QED) is 0.309. The van der Waals surface area contributed by atoms with E-state index >= 15 is 0 Å². The van der Waals surface area contributed by atoms with Crippen LogP contribution in [0.3, 0.4) is 0 Å². The second-order valence-corrected chi connectivity index (χ2v) is 7.46. The topological polar surface area (TPSA) is 66.4 Å². The summed E-state index contributed by atoms with van der Waals surface area (Å²) < 4.78 is 10.7. The largest absolute Gasteiger partial charge is 0.493 e. The lowest BCUT2D eigenvalue weighted by Gasteiger charge is -2.23. The Balaban J connectivity index is 0.00000363. The number of hydrogen-bond acceptors (Lipinski definition) is 4. The molecule has 1 N–H and O–H groups in total. The highest BCUT2D eigenvalue weighted by Crippen LogP contribution is 2.28. The average Bonchev–Trinajstić information content (AvgIpc) is 3.24. The van der Waals surface area contributed by atoms with E-state index in [-0.39, 0.29) is 36.4 Å². The summed E-state index contributed by atoms with van der Waals surface area (Å²) in [4.78, 5) is 21.3. The average molecular weight is 552 g/mol. The van der Waals surface area contributed by atoms with Gasteiger partial charge in [0.15, 0.2) is 17.5 Å². The van der Waals surface area contributed by atoms with Gasteiger partial charge in [0.1, 0.15) is 6.54 Å². The molecule has 32 heavy (non-hydrogen) atoms. The Hall–Kier alpha value is -2.49. The van der Waals surface area contributed by atoms with Crippen molar-refractivity contribution in [2.24, 2.45) is 4.99 Å². The van der Waals surface area contributed by atoms with Crippen LogP contribution in [0.15, 0.2) is 47.5 Å². The summed E-state index contributed by atoms with van der Waals surface area (Å²) in [7, 11) is 5.25. The molecule has 174 valence electrons. The highest BCUT2D eigenvalue weighted by Gasteiger charge is 2.23. The van der Waals surface area contributed by atoms with E-state index in [1.807, 2.05) is 60.2 Å². The number of carbonyl (C=O) groups excluding carboxylic acids is 1. The molecule has 2 aromatic carbocycles. The maximum Gasteiger partial charge on any atom is 0.248 e. The van der Waals surface area contributed by atoms with Crippen LogP contribution >= 0.6 is 24.0 Å². The van der Waals surface area contributed by atoms with Gasteiger partial charge in [-0.3, -0.25) is 4.79 Å². The number of fused-ring (bicyclic) bond motifs is 1. The van der Waals surface area contributed by atoms with Gasteiger partial charge in [-0.2, -0.15) is 0 Å². The zero-order valence-electron chi connectivity index (χ0n) is 19.3. The molecule has 1 aliphatic heterocycles. The summed E-state index contributed by atoms with van der Waals surface area (Å²) in [5.74, 6) is 2.19. The maximum absolute atomic E-state index is 12.8. The van der Waals surface area contributed by atoms with Crippen LogP contribution in [0.4, 0.5) is 5.69 Å². The molecule has 0 saturated heterocycles. The number of aliphatic imine (C=N–C) groups is 1. The van der Waals surface area contributed by atoms with Gasteiger partial charge in [-0.05, 0) is 49.1 Å². The number of rotatable bonds is 8. The van der Waals surface area contributed by atoms with Crippen molar-refractivity contribution in [3.8, 4) is 11.5 Å². The highest BCUT2D eigenvalue weighted by molar-refractivity contribution is 14.0. The number of nitrogens with zero attached hydrogens (tertiary/aromatic N) is 3. The number of guanidine groups is 1. The van der Waals surface area contributed by atoms with Gasteiger partial charge in [0.2, 0.25) is 5.91 Å². The second kappa shape index (κ2) is 12.5. The molecule has 2 aromatic rings. The molecule has 0 aliphatic carbocycles. The SMILES string of the molecule is CCNC(=NCC(=O)N1CCc2ccccc21)N(C)CCc1ccc(OC)c(OC)c1.I. The van der Waals surface area contributed by atoms with E-state index in [1.54, 1.807) is 14.2 Å². The molecule has 0 spiro atoms. The van der Waals surface area contributed by atoms with E-state index < -0.39 is 0 Å². The lowest BCUT2D eigenvalue weighted by atomic mass is 10.1. The number of methoxy groups -OCH3 is 2. The van der Waals surface area contributed by atoms with Crippen LogP contribution in [-0.4, -0.2) is 64.2 Å². The van der Waals surface area contributed by atoms with Crippen LogP contribution in [0.2, 0.25) is 0 Å². The molecule has 0 aromatic heterocycles. The molecule has 0 radical (unpaired) electrons. The maximum atomic E-state index is 12.8. The number of carbonyl (C=O) groups is 1. The standard InChI is InChI=1S/C24H32N4O3.HI/c1-5-25-24(26-17-23(29)28-15-13-19-8-6-7-9-20(19)28)27(2)14-12-18-10-11-21(30-3)22(16-18)31-4;/h6-11,16H,5,12-15,17H2,1-4H3,(H,25,26);1H. The predicted molar refractivity (Wildman–Crippen MR) is 140 cm³/mol. The fraction of sp³-hybridized carbons (Fsp3) is 0.417. The zero-order chi connectivity index (χ0) is 22.2. The molecule has 1 aliphatic rings. The number of anilines is 1. The molecule has 7 nitrogen and oxygen atoms in total. The van der Waals surface area contributed by atoms with Crippen molar-refractivity contribution in [1.82, 2.24) is 10.2 Å². The molecule has 1 heterocycles. The summed E-state index contributed by atoms with van der Waals surface area (Å²) in [6.45, 7) is 4.36. The number of halogens is 1. The number of hydrogen-bond donors (Lipinski definition) is 1. The van der Waals surface area contributed by atoms with Gasteiger partial charge in [0.25, 0.3) is 0 Å². The van der Waals surface area contributed by atoms with Crippen molar-refractivity contribution < 1.29 is 14.3 Å². The minimum absolute atomic E-state index is 0. The van der Waals surface area contributed by atoms with E-state index in [4.69, 9.17) is 9.47 Å². The minimum atomic E-state index is 0. The number of nitrogens with one attached hydrogen (secondary N) is 1. The number of ether oxygens (including phenoxy) is 2. The molecular formula is C24H33IN4O3. The van der Waals surface area contributed by atoms with Crippen molar-refractivity contribution >= 4 is 41.5 Å². The third-order valence-electron chi connectivity index (χ3n) is 5.43. The van der Waals surface area contributed by atoms with Crippen LogP contribution in [0.25, 0.3) is 0 Å². The van der Waals surface area contributed by atoms with Gasteiger partial charge < -0.3 is 24.6 Å². The zero-order valence-corrected chi connectivity index (χ0v) is 21.6. The smallest absolute Gasteiger partial charge is 0.248 e. The van der Waals surface area contributed by atoms with Gasteiger partial charge in [-0.1, -0.05) is 24.3 Å². The van der Waals surface area contributed by atoms with Crippen molar-refractivity contribution in [2.75, 3.05) is 52.3 Å². The van der Waals surface area contributed by atoms with Crippen LogP contribution in [0.5, 0.6) is 11.5 Å². The Morgan fingerprint density at radius 3 is 2.62 bits per heavy atom. The van der Waals surface area contributed by atoms with Gasteiger partial charge in [0, 0.05) is 32.4 Å². The number of amides is 1. The molecule has 0 unspecified atom stereocenters. The summed E-state index contributed by atoms with van der Waals surface area (Å²) in [6, 6.07) is 14.0. The monoisotopic (exact) mass is 552 g/mol. The van der Waals surface area contributed by atoms with Gasteiger partial charge >= 0.3 is 0 Å². The Labute approximate surface area is 207 Å². The lowest BCUT2D eigenvalue weighted by Crippen LogP contribution is -2.41. The molecule has 0 fully saturated rings. The highest BCUT2D eigenvalue weighted by atomic mass is 127. The molecule has 1 amide bonds. The molecule has 8 heteroatoms. The molecule has 0 atom stereocenters. The van der Waals surface area contributed by atoms with Crippen LogP contribution < -0.4 is 19.7 Å². The summed E-state index contributed by atoms with van der Waals surface area (Å²) >= 11 is 0. The van der Waals surface area contributed by atoms with Crippen molar-refractivity contribution in [3.05, 3.63) is 53.6 Å². The normalized spacial score (nSPS) is 12.6. The summed E-state index contributed by atoms with van der Waals surface area (Å²) in [5, 5.41) is 3.29. The molecular weight excluding hydrogens is 519 g/mol. The Morgan fingerprint density at radius 2 is 1.91 bits per heavy atom. The fourth-order valence-corrected chi connectivity index (χ4v) is 3.73. The Bertz CT molecular complexity index is 935. The predicted octanol–water partition coefficient (Wildman–Crippen LogP) is 3.35. The number of para-hydroxylation sites is 1. The van der Waals surface area contributed by atoms with E-state index in [9.17, 15) is 4.79 Å². The number of benzene rings is 2. The van der Waals surface area contributed by atoms with E-state index in [0.717, 1.165) is 61.2 Å². The Kier molecular flexibility index (Phi) is 10.1. The first-order valence-corrected chi connectivity index (χ1v) is 10.7. The van der Waals surface area contributed by atoms with E-state index in [0.29, 0.717) is 0 Å². The van der Waals surface area contributed by atoms with Gasteiger partial charge in [-0.15, -0.1) is 24.0 Å². The first-order chi connectivity index (χ1) is 15.1. The number of likely N-dealkylation sites (N-methyl/N-ethyl adjacent to an activating group) is 1. The van der Waals surface area contributed by atoms with Crippen molar-refractivity contribution in [2.45, 2.75) is 19.8 Å². The fourth-order valence-electron chi connectivity index (χ4n) is 3.73. The summed E-state index contributed by atoms with van der Waals surface area (Å²) in [6.07, 6.45) is 1.71. The molecule has 0 bridgehead atoms. The van der Waals surface area contributed by atoms with Crippen LogP contribution in [0.1, 0.15) is 18.1 Å². The molecule has 3 rings (SSSR count). The minimum Gasteiger partial charge on any atom is -0.493 e. The van der Waals surface area contributed by atoms with Crippen LogP contribution in [0, 0.1) is 0 Å². The summed E-state index contributed by atoms with van der Waals surface area (Å²) in [5.41, 5.74) is 3.37. The van der Waals surface area contributed by atoms with E-state index in [1.165, 1.54) is 5.56 Å². The third kappa shape index (κ3) is 6.27. The van der Waals surface area contributed by atoms with Crippen molar-refractivity contribution in [1.29, 1.82) is 0 Å². The lowest BCUT2D eigenvalue weighted by molar-refractivity contribution is -0.117. The van der Waals surface area contributed by atoms with Gasteiger partial charge in [-0.25, -0.2) is 4.99 Å². The van der Waals surface area contributed by atoms with E-state index in [2.05, 4.69) is 16.4 Å². The van der Waals surface area contributed by atoms with Crippen LogP contribution in [-0.2, 0) is 17.6 Å².